The van der Waals surface area contributed by atoms with E-state index in [1.54, 1.807) is 0 Å². The Balaban J connectivity index is 2.50. The van der Waals surface area contributed by atoms with Gasteiger partial charge in [-0.25, -0.2) is 9.97 Å². The second-order valence-corrected chi connectivity index (χ2v) is 5.59. The van der Waals surface area contributed by atoms with E-state index in [1.807, 2.05) is 45.9 Å². The van der Waals surface area contributed by atoms with Crippen LogP contribution in [-0.4, -0.2) is 9.97 Å². The molecule has 0 atom stereocenters. The van der Waals surface area contributed by atoms with Crippen LogP contribution in [0, 0.1) is 25.2 Å². The fraction of sp³-hybridized carbons (Fsp3) is 0.312. The Labute approximate surface area is 129 Å². The van der Waals surface area contributed by atoms with Crippen molar-refractivity contribution in [3.05, 3.63) is 45.9 Å². The zero-order chi connectivity index (χ0) is 15.6. The molecule has 0 saturated carbocycles. The Morgan fingerprint density at radius 2 is 1.95 bits per heavy atom. The summed E-state index contributed by atoms with van der Waals surface area (Å²) in [6.45, 7) is 7.79. The van der Waals surface area contributed by atoms with Gasteiger partial charge in [-0.15, -0.1) is 0 Å². The third-order valence-corrected chi connectivity index (χ3v) is 3.63. The molecule has 0 spiro atoms. The largest absolute Gasteiger partial charge is 0.339 e. The Morgan fingerprint density at radius 1 is 1.24 bits per heavy atom. The van der Waals surface area contributed by atoms with Crippen LogP contribution < -0.4 is 5.32 Å². The third-order valence-electron chi connectivity index (χ3n) is 3.26. The fourth-order valence-corrected chi connectivity index (χ4v) is 2.11. The molecule has 0 radical (unpaired) electrons. The molecule has 4 nitrogen and oxygen atoms in total. The minimum absolute atomic E-state index is 0.177. The molecule has 2 aromatic rings. The number of aryl methyl sites for hydroxylation is 1. The van der Waals surface area contributed by atoms with Crippen LogP contribution in [0.3, 0.4) is 0 Å². The van der Waals surface area contributed by atoms with Gasteiger partial charge in [0, 0.05) is 11.5 Å². The predicted octanol–water partition coefficient (Wildman–Crippen LogP) is 4.49. The molecule has 5 heteroatoms. The van der Waals surface area contributed by atoms with E-state index in [2.05, 4.69) is 21.4 Å². The van der Waals surface area contributed by atoms with Gasteiger partial charge in [0.15, 0.2) is 0 Å². The molecule has 0 aliphatic rings. The highest BCUT2D eigenvalue weighted by Crippen LogP contribution is 2.28. The second-order valence-electron chi connectivity index (χ2n) is 5.24. The average molecular weight is 301 g/mol. The van der Waals surface area contributed by atoms with E-state index in [0.29, 0.717) is 22.4 Å². The van der Waals surface area contributed by atoms with Gasteiger partial charge in [0.05, 0.1) is 11.3 Å². The highest BCUT2D eigenvalue weighted by molar-refractivity contribution is 6.30. The van der Waals surface area contributed by atoms with Crippen molar-refractivity contribution in [3.63, 3.8) is 0 Å². The number of rotatable bonds is 3. The van der Waals surface area contributed by atoms with E-state index in [-0.39, 0.29) is 5.92 Å². The zero-order valence-electron chi connectivity index (χ0n) is 12.5. The Bertz CT molecular complexity index is 717. The van der Waals surface area contributed by atoms with Crippen LogP contribution in [0.15, 0.2) is 18.2 Å². The molecule has 21 heavy (non-hydrogen) atoms. The predicted molar refractivity (Wildman–Crippen MR) is 85.0 cm³/mol. The van der Waals surface area contributed by atoms with Crippen molar-refractivity contribution in [1.29, 1.82) is 5.26 Å². The summed E-state index contributed by atoms with van der Waals surface area (Å²) in [5.41, 5.74) is 3.03. The molecular weight excluding hydrogens is 284 g/mol. The van der Waals surface area contributed by atoms with E-state index < -0.39 is 0 Å². The summed E-state index contributed by atoms with van der Waals surface area (Å²) in [4.78, 5) is 8.80. The maximum absolute atomic E-state index is 9.30. The smallest absolute Gasteiger partial charge is 0.138 e. The number of nitrogens with one attached hydrogen (secondary N) is 1. The van der Waals surface area contributed by atoms with Crippen LogP contribution in [0.5, 0.6) is 0 Å². The normalized spacial score (nSPS) is 10.5. The van der Waals surface area contributed by atoms with E-state index in [4.69, 9.17) is 11.6 Å². The summed E-state index contributed by atoms with van der Waals surface area (Å²) in [6.07, 6.45) is 0. The van der Waals surface area contributed by atoms with Crippen molar-refractivity contribution in [3.8, 4) is 6.07 Å². The van der Waals surface area contributed by atoms with Crippen molar-refractivity contribution >= 4 is 23.1 Å². The summed E-state index contributed by atoms with van der Waals surface area (Å²) >= 11 is 6.18. The van der Waals surface area contributed by atoms with E-state index in [9.17, 15) is 5.26 Å². The van der Waals surface area contributed by atoms with Gasteiger partial charge in [0.1, 0.15) is 22.9 Å². The quantitative estimate of drug-likeness (QED) is 0.849. The molecular formula is C16H17ClN4. The molecule has 0 aliphatic carbocycles. The average Bonchev–Trinajstić information content (AvgIpc) is 2.43. The van der Waals surface area contributed by atoms with Crippen molar-refractivity contribution in [2.45, 2.75) is 33.6 Å². The monoisotopic (exact) mass is 300 g/mol. The van der Waals surface area contributed by atoms with Crippen molar-refractivity contribution in [1.82, 2.24) is 9.97 Å². The van der Waals surface area contributed by atoms with Crippen LogP contribution in [-0.2, 0) is 0 Å². The Hall–Kier alpha value is -2.12. The number of nitriles is 1. The first-order chi connectivity index (χ1) is 9.93. The van der Waals surface area contributed by atoms with Crippen LogP contribution in [0.4, 0.5) is 11.5 Å². The maximum Gasteiger partial charge on any atom is 0.138 e. The lowest BCUT2D eigenvalue weighted by Crippen LogP contribution is -2.06. The zero-order valence-corrected chi connectivity index (χ0v) is 13.3. The molecule has 0 amide bonds. The molecule has 0 saturated heterocycles. The number of hydrogen-bond donors (Lipinski definition) is 1. The van der Waals surface area contributed by atoms with Gasteiger partial charge in [-0.1, -0.05) is 37.6 Å². The Morgan fingerprint density at radius 3 is 2.57 bits per heavy atom. The van der Waals surface area contributed by atoms with Gasteiger partial charge in [0.25, 0.3) is 0 Å². The van der Waals surface area contributed by atoms with Gasteiger partial charge in [-0.2, -0.15) is 5.26 Å². The number of halogens is 1. The highest BCUT2D eigenvalue weighted by atomic mass is 35.5. The first kappa shape index (κ1) is 15.3. The van der Waals surface area contributed by atoms with E-state index in [0.717, 1.165) is 16.8 Å². The third kappa shape index (κ3) is 3.14. The molecule has 1 aromatic heterocycles. The van der Waals surface area contributed by atoms with E-state index >= 15 is 0 Å². The summed E-state index contributed by atoms with van der Waals surface area (Å²) < 4.78 is 0. The molecule has 1 heterocycles. The summed E-state index contributed by atoms with van der Waals surface area (Å²) in [5, 5.41) is 12.9. The van der Waals surface area contributed by atoms with Crippen LogP contribution >= 0.6 is 11.6 Å². The summed E-state index contributed by atoms with van der Waals surface area (Å²) in [7, 11) is 0. The molecule has 0 aliphatic heterocycles. The molecule has 2 rings (SSSR count). The lowest BCUT2D eigenvalue weighted by atomic mass is 10.1. The topological polar surface area (TPSA) is 61.6 Å². The van der Waals surface area contributed by atoms with Crippen molar-refractivity contribution in [2.75, 3.05) is 5.32 Å². The second kappa shape index (κ2) is 6.11. The molecule has 0 bridgehead atoms. The van der Waals surface area contributed by atoms with E-state index in [1.165, 1.54) is 0 Å². The Kier molecular flexibility index (Phi) is 4.44. The van der Waals surface area contributed by atoms with Crippen LogP contribution in [0.25, 0.3) is 0 Å². The highest BCUT2D eigenvalue weighted by Gasteiger charge is 2.13. The summed E-state index contributed by atoms with van der Waals surface area (Å²) in [6, 6.07) is 7.88. The molecule has 1 aromatic carbocycles. The van der Waals surface area contributed by atoms with Gasteiger partial charge in [-0.3, -0.25) is 0 Å². The van der Waals surface area contributed by atoms with Crippen LogP contribution in [0.2, 0.25) is 5.15 Å². The first-order valence-corrected chi connectivity index (χ1v) is 7.12. The minimum Gasteiger partial charge on any atom is -0.339 e. The maximum atomic E-state index is 9.30. The fourth-order valence-electron chi connectivity index (χ4n) is 1.93. The van der Waals surface area contributed by atoms with Crippen molar-refractivity contribution in [2.24, 2.45) is 0 Å². The number of anilines is 2. The van der Waals surface area contributed by atoms with Crippen molar-refractivity contribution < 1.29 is 0 Å². The molecule has 0 unspecified atom stereocenters. The van der Waals surface area contributed by atoms with Gasteiger partial charge >= 0.3 is 0 Å². The molecule has 1 N–H and O–H groups in total. The van der Waals surface area contributed by atoms with Crippen LogP contribution in [0.1, 0.15) is 42.3 Å². The molecule has 108 valence electrons. The van der Waals surface area contributed by atoms with Gasteiger partial charge in [-0.05, 0) is 25.5 Å². The number of hydrogen-bond acceptors (Lipinski definition) is 4. The molecule has 0 fully saturated rings. The standard InChI is InChI=1S/C16H17ClN4/c1-9(2)15-20-14(17)11(4)16(21-15)19-13-7-5-6-10(3)12(13)8-18/h5-7,9H,1-4H3,(H,19,20,21). The van der Waals surface area contributed by atoms with Gasteiger partial charge < -0.3 is 5.32 Å². The lowest BCUT2D eigenvalue weighted by Gasteiger charge is -2.14. The minimum atomic E-state index is 0.177. The van der Waals surface area contributed by atoms with Gasteiger partial charge in [0.2, 0.25) is 0 Å². The lowest BCUT2D eigenvalue weighted by molar-refractivity contribution is 0.773. The number of aromatic nitrogens is 2. The SMILES string of the molecule is Cc1cccc(Nc2nc(C(C)C)nc(Cl)c2C)c1C#N. The summed E-state index contributed by atoms with van der Waals surface area (Å²) in [5.74, 6) is 1.50. The number of nitrogens with zero attached hydrogens (tertiary/aromatic N) is 3. The number of benzene rings is 1. The first-order valence-electron chi connectivity index (χ1n) is 6.74.